The molecule has 1 aromatic carbocycles. The summed E-state index contributed by atoms with van der Waals surface area (Å²) in [5, 5.41) is 14.4. The summed E-state index contributed by atoms with van der Waals surface area (Å²) < 4.78 is 7.55. The van der Waals surface area contributed by atoms with Gasteiger partial charge in [0.2, 0.25) is 11.8 Å². The highest BCUT2D eigenvalue weighted by Crippen LogP contribution is 2.33. The van der Waals surface area contributed by atoms with Crippen LogP contribution in [0.15, 0.2) is 48.4 Å². The van der Waals surface area contributed by atoms with Crippen molar-refractivity contribution in [3.8, 4) is 11.6 Å². The van der Waals surface area contributed by atoms with E-state index >= 15 is 0 Å². The Kier molecular flexibility index (Phi) is 6.02. The van der Waals surface area contributed by atoms with Gasteiger partial charge in [-0.3, -0.25) is 0 Å². The SMILES string of the molecule is CCc1cnc(N2CCC(c3nc(OCc4ccc(-n5cnnn5)cc4)cs3)CC2)nc1. The van der Waals surface area contributed by atoms with Gasteiger partial charge in [-0.2, -0.15) is 0 Å². The highest BCUT2D eigenvalue weighted by Gasteiger charge is 2.24. The summed E-state index contributed by atoms with van der Waals surface area (Å²) in [6.07, 6.45) is 8.48. The average Bonchev–Trinajstić information content (AvgIpc) is 3.56. The van der Waals surface area contributed by atoms with Crippen LogP contribution >= 0.6 is 11.3 Å². The van der Waals surface area contributed by atoms with Crippen molar-refractivity contribution in [3.05, 3.63) is 64.5 Å². The Morgan fingerprint density at radius 1 is 1.06 bits per heavy atom. The molecular weight excluding hydrogens is 424 g/mol. The van der Waals surface area contributed by atoms with Crippen LogP contribution < -0.4 is 9.64 Å². The van der Waals surface area contributed by atoms with E-state index in [4.69, 9.17) is 9.72 Å². The number of aryl methyl sites for hydroxylation is 1. The molecule has 1 fully saturated rings. The first-order chi connectivity index (χ1) is 15.8. The monoisotopic (exact) mass is 448 g/mol. The summed E-state index contributed by atoms with van der Waals surface area (Å²) in [4.78, 5) is 16.0. The summed E-state index contributed by atoms with van der Waals surface area (Å²) in [5.41, 5.74) is 3.15. The van der Waals surface area contributed by atoms with Gasteiger partial charge in [0.15, 0.2) is 0 Å². The van der Waals surface area contributed by atoms with E-state index in [2.05, 4.69) is 37.3 Å². The molecule has 4 heterocycles. The van der Waals surface area contributed by atoms with Crippen LogP contribution in [-0.4, -0.2) is 48.2 Å². The zero-order valence-corrected chi connectivity index (χ0v) is 18.6. The molecule has 164 valence electrons. The third-order valence-corrected chi connectivity index (χ3v) is 6.65. The van der Waals surface area contributed by atoms with Gasteiger partial charge in [-0.05, 0) is 52.9 Å². The Bertz CT molecular complexity index is 1120. The van der Waals surface area contributed by atoms with Gasteiger partial charge < -0.3 is 9.64 Å². The molecule has 0 amide bonds. The number of piperidine rings is 1. The Hall–Kier alpha value is -3.40. The summed E-state index contributed by atoms with van der Waals surface area (Å²) in [6, 6.07) is 7.95. The van der Waals surface area contributed by atoms with Gasteiger partial charge in [0.25, 0.3) is 0 Å². The third-order valence-electron chi connectivity index (χ3n) is 5.66. The van der Waals surface area contributed by atoms with Crippen molar-refractivity contribution < 1.29 is 4.74 Å². The van der Waals surface area contributed by atoms with Crippen molar-refractivity contribution in [2.75, 3.05) is 18.0 Å². The molecule has 1 aliphatic heterocycles. The van der Waals surface area contributed by atoms with E-state index in [9.17, 15) is 0 Å². The van der Waals surface area contributed by atoms with Crippen molar-refractivity contribution >= 4 is 17.3 Å². The van der Waals surface area contributed by atoms with Gasteiger partial charge in [0.05, 0.1) is 16.1 Å². The van der Waals surface area contributed by atoms with E-state index < -0.39 is 0 Å². The Labute approximate surface area is 190 Å². The maximum absolute atomic E-state index is 5.93. The zero-order chi connectivity index (χ0) is 21.8. The maximum atomic E-state index is 5.93. The fourth-order valence-electron chi connectivity index (χ4n) is 3.73. The molecular formula is C22H24N8OS. The Morgan fingerprint density at radius 3 is 2.53 bits per heavy atom. The summed E-state index contributed by atoms with van der Waals surface area (Å²) in [7, 11) is 0. The minimum atomic E-state index is 0.457. The highest BCUT2D eigenvalue weighted by molar-refractivity contribution is 7.09. The van der Waals surface area contributed by atoms with Crippen LogP contribution in [0.25, 0.3) is 5.69 Å². The molecule has 1 aliphatic rings. The topological polar surface area (TPSA) is 94.7 Å². The lowest BCUT2D eigenvalue weighted by molar-refractivity contribution is 0.294. The molecule has 0 atom stereocenters. The number of rotatable bonds is 7. The van der Waals surface area contributed by atoms with Crippen molar-refractivity contribution in [3.63, 3.8) is 0 Å². The predicted molar refractivity (Wildman–Crippen MR) is 121 cm³/mol. The van der Waals surface area contributed by atoms with Crippen molar-refractivity contribution in [1.82, 2.24) is 35.2 Å². The molecule has 0 saturated carbocycles. The maximum Gasteiger partial charge on any atom is 0.225 e. The number of hydrogen-bond acceptors (Lipinski definition) is 9. The lowest BCUT2D eigenvalue weighted by atomic mass is 9.98. The molecule has 1 saturated heterocycles. The number of benzene rings is 1. The van der Waals surface area contributed by atoms with Crippen molar-refractivity contribution in [2.24, 2.45) is 0 Å². The first-order valence-corrected chi connectivity index (χ1v) is 11.6. The highest BCUT2D eigenvalue weighted by atomic mass is 32.1. The molecule has 32 heavy (non-hydrogen) atoms. The van der Waals surface area contributed by atoms with E-state index in [1.54, 1.807) is 22.3 Å². The normalized spacial score (nSPS) is 14.6. The number of anilines is 1. The summed E-state index contributed by atoms with van der Waals surface area (Å²) in [5.74, 6) is 1.98. The molecule has 0 bridgehead atoms. The van der Waals surface area contributed by atoms with Gasteiger partial charge in [0, 0.05) is 31.4 Å². The number of hydrogen-bond donors (Lipinski definition) is 0. The molecule has 3 aromatic heterocycles. The average molecular weight is 449 g/mol. The summed E-state index contributed by atoms with van der Waals surface area (Å²) >= 11 is 1.68. The van der Waals surface area contributed by atoms with Crippen LogP contribution in [0.1, 0.15) is 41.8 Å². The summed E-state index contributed by atoms with van der Waals surface area (Å²) in [6.45, 7) is 4.48. The number of thiazole rings is 1. The largest absolute Gasteiger partial charge is 0.472 e. The molecule has 4 aromatic rings. The predicted octanol–water partition coefficient (Wildman–Crippen LogP) is 3.43. The molecule has 10 heteroatoms. The molecule has 0 radical (unpaired) electrons. The van der Waals surface area contributed by atoms with Crippen LogP contribution in [0, 0.1) is 0 Å². The van der Waals surface area contributed by atoms with Gasteiger partial charge in [0.1, 0.15) is 12.9 Å². The van der Waals surface area contributed by atoms with Crippen LogP contribution in [0.5, 0.6) is 5.88 Å². The third kappa shape index (κ3) is 4.59. The lowest BCUT2D eigenvalue weighted by Gasteiger charge is -2.31. The number of aromatic nitrogens is 7. The molecule has 0 N–H and O–H groups in total. The second-order valence-corrected chi connectivity index (χ2v) is 8.63. The first-order valence-electron chi connectivity index (χ1n) is 10.7. The second-order valence-electron chi connectivity index (χ2n) is 7.74. The van der Waals surface area contributed by atoms with Crippen LogP contribution in [0.3, 0.4) is 0 Å². The van der Waals surface area contributed by atoms with Gasteiger partial charge in [-0.1, -0.05) is 19.1 Å². The van der Waals surface area contributed by atoms with Gasteiger partial charge in [-0.15, -0.1) is 16.4 Å². The quantitative estimate of drug-likeness (QED) is 0.424. The molecule has 0 aliphatic carbocycles. The molecule has 5 rings (SSSR count). The van der Waals surface area contributed by atoms with Crippen LogP contribution in [-0.2, 0) is 13.0 Å². The standard InChI is InChI=1S/C22H24N8OS/c1-2-16-11-23-22(24-12-16)29-9-7-18(8-10-29)21-26-20(14-32-21)31-13-17-3-5-19(6-4-17)30-15-25-27-28-30/h3-6,11-12,14-15,18H,2,7-10,13H2,1H3. The lowest BCUT2D eigenvalue weighted by Crippen LogP contribution is -2.34. The number of ether oxygens (including phenoxy) is 1. The fraction of sp³-hybridized carbons (Fsp3) is 0.364. The fourth-order valence-corrected chi connectivity index (χ4v) is 4.64. The van der Waals surface area contributed by atoms with E-state index in [1.807, 2.05) is 42.0 Å². The van der Waals surface area contributed by atoms with Gasteiger partial charge in [-0.25, -0.2) is 19.6 Å². The van der Waals surface area contributed by atoms with E-state index in [0.717, 1.165) is 54.6 Å². The second kappa shape index (κ2) is 9.39. The van der Waals surface area contributed by atoms with Crippen LogP contribution in [0.2, 0.25) is 0 Å². The zero-order valence-electron chi connectivity index (χ0n) is 17.8. The first kappa shape index (κ1) is 20.5. The van der Waals surface area contributed by atoms with Crippen molar-refractivity contribution in [1.29, 1.82) is 0 Å². The molecule has 0 unspecified atom stereocenters. The molecule has 9 nitrogen and oxygen atoms in total. The van der Waals surface area contributed by atoms with E-state index in [-0.39, 0.29) is 0 Å². The van der Waals surface area contributed by atoms with Crippen molar-refractivity contribution in [2.45, 2.75) is 38.7 Å². The van der Waals surface area contributed by atoms with Gasteiger partial charge >= 0.3 is 0 Å². The number of tetrazole rings is 1. The Morgan fingerprint density at radius 2 is 1.84 bits per heavy atom. The minimum Gasteiger partial charge on any atom is -0.472 e. The van der Waals surface area contributed by atoms with E-state index in [0.29, 0.717) is 18.4 Å². The Balaban J connectivity index is 1.13. The number of nitrogens with zero attached hydrogens (tertiary/aromatic N) is 8. The minimum absolute atomic E-state index is 0.457. The van der Waals surface area contributed by atoms with E-state index in [1.165, 1.54) is 5.56 Å². The smallest absolute Gasteiger partial charge is 0.225 e. The molecule has 0 spiro atoms. The van der Waals surface area contributed by atoms with Crippen LogP contribution in [0.4, 0.5) is 5.95 Å².